The highest BCUT2D eigenvalue weighted by molar-refractivity contribution is 7.66. The smallest absolute Gasteiger partial charge is 0.343 e. The Morgan fingerprint density at radius 2 is 1.33 bits per heavy atom. The highest BCUT2D eigenvalue weighted by Crippen LogP contribution is 2.37. The summed E-state index contributed by atoms with van der Waals surface area (Å²) < 4.78 is 21.3. The van der Waals surface area contributed by atoms with Gasteiger partial charge in [-0.05, 0) is 38.2 Å². The van der Waals surface area contributed by atoms with Crippen LogP contribution in [0.4, 0.5) is 0 Å². The van der Waals surface area contributed by atoms with Crippen LogP contribution in [-0.2, 0) is 0 Å². The van der Waals surface area contributed by atoms with E-state index in [-0.39, 0.29) is 14.1 Å². The maximum Gasteiger partial charge on any atom is 0.343 e. The Morgan fingerprint density at radius 1 is 0.733 bits per heavy atom. The van der Waals surface area contributed by atoms with Crippen molar-refractivity contribution in [3.8, 4) is 23.0 Å². The molecule has 3 aromatic rings. The fourth-order valence-corrected chi connectivity index (χ4v) is 3.74. The van der Waals surface area contributed by atoms with E-state index < -0.39 is 5.97 Å². The van der Waals surface area contributed by atoms with Crippen LogP contribution >= 0.6 is 8.58 Å². The van der Waals surface area contributed by atoms with Gasteiger partial charge in [0.05, 0.1) is 26.9 Å². The lowest BCUT2D eigenvalue weighted by atomic mass is 10.2. The lowest BCUT2D eigenvalue weighted by Gasteiger charge is -2.14. The number of methoxy groups -OCH3 is 3. The molecule has 7 heteroatoms. The maximum atomic E-state index is 12.9. The van der Waals surface area contributed by atoms with E-state index in [0.29, 0.717) is 34.1 Å². The zero-order valence-electron chi connectivity index (χ0n) is 16.8. The van der Waals surface area contributed by atoms with Crippen LogP contribution in [0, 0.1) is 0 Å². The lowest BCUT2D eigenvalue weighted by molar-refractivity contribution is 0.0734. The molecule has 3 aromatic carbocycles. The van der Waals surface area contributed by atoms with Gasteiger partial charge in [-0.2, -0.15) is 0 Å². The third-order valence-corrected chi connectivity index (χ3v) is 5.37. The molecule has 0 saturated carbocycles. The average molecular weight is 424 g/mol. The molecule has 0 aromatic heterocycles. The molecule has 1 atom stereocenters. The summed E-state index contributed by atoms with van der Waals surface area (Å²) in [6.07, 6.45) is 0. The van der Waals surface area contributed by atoms with E-state index in [9.17, 15) is 9.59 Å². The van der Waals surface area contributed by atoms with E-state index in [2.05, 4.69) is 0 Å². The lowest BCUT2D eigenvalue weighted by Crippen LogP contribution is -2.09. The van der Waals surface area contributed by atoms with Crippen molar-refractivity contribution in [2.75, 3.05) is 21.3 Å². The molecule has 0 aliphatic rings. The van der Waals surface area contributed by atoms with Gasteiger partial charge in [-0.1, -0.05) is 30.3 Å². The number of carbonyl (C=O) groups is 2. The van der Waals surface area contributed by atoms with Gasteiger partial charge >= 0.3 is 5.97 Å². The van der Waals surface area contributed by atoms with Crippen LogP contribution in [-0.4, -0.2) is 32.8 Å². The van der Waals surface area contributed by atoms with Crippen molar-refractivity contribution in [3.63, 3.8) is 0 Å². The van der Waals surface area contributed by atoms with Gasteiger partial charge in [0.15, 0.2) is 5.52 Å². The summed E-state index contributed by atoms with van der Waals surface area (Å²) in [5.74, 6) is 1.28. The van der Waals surface area contributed by atoms with Gasteiger partial charge in [-0.15, -0.1) is 0 Å². The van der Waals surface area contributed by atoms with Gasteiger partial charge in [0.2, 0.25) is 0 Å². The second-order valence-corrected chi connectivity index (χ2v) is 7.42. The Hall–Kier alpha value is -3.37. The molecule has 0 radical (unpaired) electrons. The van der Waals surface area contributed by atoms with Crippen molar-refractivity contribution < 1.29 is 28.5 Å². The second-order valence-electron chi connectivity index (χ2n) is 6.14. The SMILES string of the molecule is COc1cc(OC)c(C(=O)Pc2ccc(OC(=O)c3ccccc3)cc2)c(OC)c1. The Kier molecular flexibility index (Phi) is 7.04. The van der Waals surface area contributed by atoms with Crippen molar-refractivity contribution in [1.82, 2.24) is 0 Å². The van der Waals surface area contributed by atoms with Crippen LogP contribution in [0.1, 0.15) is 20.7 Å². The molecule has 0 N–H and O–H groups in total. The quantitative estimate of drug-likeness (QED) is 0.308. The molecular weight excluding hydrogens is 403 g/mol. The molecule has 0 heterocycles. The van der Waals surface area contributed by atoms with Gasteiger partial charge in [0, 0.05) is 12.1 Å². The van der Waals surface area contributed by atoms with Gasteiger partial charge in [0.1, 0.15) is 28.6 Å². The zero-order chi connectivity index (χ0) is 21.5. The Morgan fingerprint density at radius 3 is 1.87 bits per heavy atom. The summed E-state index contributed by atoms with van der Waals surface area (Å²) >= 11 is 0. The van der Waals surface area contributed by atoms with Crippen LogP contribution in [0.3, 0.4) is 0 Å². The number of hydrogen-bond acceptors (Lipinski definition) is 6. The molecule has 30 heavy (non-hydrogen) atoms. The highest BCUT2D eigenvalue weighted by atomic mass is 31.1. The summed E-state index contributed by atoms with van der Waals surface area (Å²) in [6.45, 7) is 0. The van der Waals surface area contributed by atoms with Gasteiger partial charge in [-0.25, -0.2) is 4.79 Å². The van der Waals surface area contributed by atoms with Gasteiger partial charge in [-0.3, -0.25) is 4.79 Å². The Labute approximate surface area is 176 Å². The first-order valence-electron chi connectivity index (χ1n) is 9.04. The van der Waals surface area contributed by atoms with E-state index in [4.69, 9.17) is 18.9 Å². The van der Waals surface area contributed by atoms with E-state index >= 15 is 0 Å². The van der Waals surface area contributed by atoms with Gasteiger partial charge < -0.3 is 18.9 Å². The monoisotopic (exact) mass is 424 g/mol. The zero-order valence-corrected chi connectivity index (χ0v) is 17.8. The number of rotatable bonds is 8. The molecule has 0 aliphatic heterocycles. The summed E-state index contributed by atoms with van der Waals surface area (Å²) in [5, 5.41) is 0.791. The molecule has 154 valence electrons. The number of hydrogen-bond donors (Lipinski definition) is 0. The largest absolute Gasteiger partial charge is 0.496 e. The molecule has 0 fully saturated rings. The van der Waals surface area contributed by atoms with E-state index in [1.807, 2.05) is 6.07 Å². The fraction of sp³-hybridized carbons (Fsp3) is 0.130. The number of ether oxygens (including phenoxy) is 4. The Bertz CT molecular complexity index is 1010. The molecule has 3 rings (SSSR count). The summed E-state index contributed by atoms with van der Waals surface area (Å²) in [6, 6.07) is 18.9. The molecule has 0 bridgehead atoms. The number of benzene rings is 3. The highest BCUT2D eigenvalue weighted by Gasteiger charge is 2.21. The molecular formula is C23H21O6P. The van der Waals surface area contributed by atoms with Crippen LogP contribution in [0.15, 0.2) is 66.7 Å². The third-order valence-electron chi connectivity index (χ3n) is 4.27. The van der Waals surface area contributed by atoms with Crippen LogP contribution in [0.5, 0.6) is 23.0 Å². The molecule has 1 unspecified atom stereocenters. The first-order chi connectivity index (χ1) is 14.5. The third kappa shape index (κ3) is 4.97. The molecule has 0 aliphatic carbocycles. The maximum absolute atomic E-state index is 12.9. The van der Waals surface area contributed by atoms with Crippen LogP contribution in [0.2, 0.25) is 0 Å². The summed E-state index contributed by atoms with van der Waals surface area (Å²) in [7, 11) is 4.35. The van der Waals surface area contributed by atoms with E-state index in [1.165, 1.54) is 21.3 Å². The van der Waals surface area contributed by atoms with Gasteiger partial charge in [0.25, 0.3) is 0 Å². The first-order valence-corrected chi connectivity index (χ1v) is 10.0. The number of carbonyl (C=O) groups excluding carboxylic acids is 2. The predicted molar refractivity (Wildman–Crippen MR) is 116 cm³/mol. The average Bonchev–Trinajstić information content (AvgIpc) is 2.79. The van der Waals surface area contributed by atoms with E-state index in [0.717, 1.165) is 5.30 Å². The predicted octanol–water partition coefficient (Wildman–Crippen LogP) is 4.08. The minimum atomic E-state index is -0.436. The number of esters is 1. The minimum absolute atomic E-state index is 0.139. The molecule has 0 saturated heterocycles. The molecule has 6 nitrogen and oxygen atoms in total. The fourth-order valence-electron chi connectivity index (χ4n) is 2.77. The summed E-state index contributed by atoms with van der Waals surface area (Å²) in [4.78, 5) is 25.1. The van der Waals surface area contributed by atoms with Crippen molar-refractivity contribution in [1.29, 1.82) is 0 Å². The van der Waals surface area contributed by atoms with Crippen molar-refractivity contribution in [3.05, 3.63) is 77.9 Å². The second kappa shape index (κ2) is 9.90. The van der Waals surface area contributed by atoms with Crippen molar-refractivity contribution in [2.45, 2.75) is 0 Å². The summed E-state index contributed by atoms with van der Waals surface area (Å²) in [5.41, 5.74) is 0.691. The first kappa shape index (κ1) is 21.3. The van der Waals surface area contributed by atoms with Crippen LogP contribution in [0.25, 0.3) is 0 Å². The topological polar surface area (TPSA) is 71.1 Å². The Balaban J connectivity index is 1.74. The molecule has 0 amide bonds. The van der Waals surface area contributed by atoms with Crippen molar-refractivity contribution >= 4 is 25.4 Å². The normalized spacial score (nSPS) is 10.6. The van der Waals surface area contributed by atoms with Crippen molar-refractivity contribution in [2.24, 2.45) is 0 Å². The molecule has 0 spiro atoms. The van der Waals surface area contributed by atoms with E-state index in [1.54, 1.807) is 60.7 Å². The van der Waals surface area contributed by atoms with Crippen LogP contribution < -0.4 is 24.3 Å². The minimum Gasteiger partial charge on any atom is -0.496 e. The standard InChI is InChI=1S/C23H21O6P/c1-26-17-13-19(27-2)21(20(14-17)28-3)23(25)30-18-11-9-16(10-12-18)29-22(24)15-7-5-4-6-8-15/h4-14,30H,1-3H3.